The van der Waals surface area contributed by atoms with Crippen LogP contribution in [-0.2, 0) is 32.3 Å². The van der Waals surface area contributed by atoms with Crippen molar-refractivity contribution in [3.05, 3.63) is 77.9 Å². The minimum atomic E-state index is 0. The summed E-state index contributed by atoms with van der Waals surface area (Å²) >= 11 is 0. The summed E-state index contributed by atoms with van der Waals surface area (Å²) in [4.78, 5) is 0. The van der Waals surface area contributed by atoms with Crippen LogP contribution in [0.4, 0.5) is 0 Å². The van der Waals surface area contributed by atoms with Crippen molar-refractivity contribution in [1.29, 1.82) is 0 Å². The molecule has 3 rings (SSSR count). The summed E-state index contributed by atoms with van der Waals surface area (Å²) in [5.74, 6) is 0. The SMILES string of the molecule is [Br-].[Br-].[Hf].c1ccc(Cc2cc3ccccc3[cH-]2)cc1. The molecule has 0 saturated heterocycles. The molecule has 0 aliphatic rings. The molecule has 3 aromatic rings. The molecular formula is C16H13Br2Hf-3. The Labute approximate surface area is 153 Å². The zero-order chi connectivity index (χ0) is 10.8. The fourth-order valence-electron chi connectivity index (χ4n) is 2.15. The number of fused-ring (bicyclic) bond motifs is 1. The summed E-state index contributed by atoms with van der Waals surface area (Å²) in [5.41, 5.74) is 2.77. The van der Waals surface area contributed by atoms with E-state index in [1.807, 2.05) is 0 Å². The van der Waals surface area contributed by atoms with Gasteiger partial charge in [0.1, 0.15) is 0 Å². The molecule has 0 amide bonds. The molecule has 0 spiro atoms. The first-order chi connectivity index (χ1) is 7.92. The molecule has 0 aromatic heterocycles. The monoisotopic (exact) mass is 543 g/mol. The van der Waals surface area contributed by atoms with Crippen molar-refractivity contribution in [2.75, 3.05) is 0 Å². The van der Waals surface area contributed by atoms with Crippen molar-refractivity contribution in [3.63, 3.8) is 0 Å². The molecule has 3 aromatic carbocycles. The summed E-state index contributed by atoms with van der Waals surface area (Å²) in [6, 6.07) is 23.7. The summed E-state index contributed by atoms with van der Waals surface area (Å²) in [7, 11) is 0. The summed E-state index contributed by atoms with van der Waals surface area (Å²) in [6.07, 6.45) is 1.02. The molecule has 0 fully saturated rings. The van der Waals surface area contributed by atoms with Crippen molar-refractivity contribution >= 4 is 10.8 Å². The van der Waals surface area contributed by atoms with Crippen LogP contribution in [0.2, 0.25) is 0 Å². The van der Waals surface area contributed by atoms with E-state index in [9.17, 15) is 0 Å². The zero-order valence-electron chi connectivity index (χ0n) is 10.3. The predicted molar refractivity (Wildman–Crippen MR) is 68.8 cm³/mol. The van der Waals surface area contributed by atoms with Gasteiger partial charge in [0.15, 0.2) is 0 Å². The summed E-state index contributed by atoms with van der Waals surface area (Å²) in [5, 5.41) is 2.68. The van der Waals surface area contributed by atoms with Gasteiger partial charge < -0.3 is 34.0 Å². The van der Waals surface area contributed by atoms with E-state index in [1.165, 1.54) is 21.9 Å². The maximum Gasteiger partial charge on any atom is 0 e. The number of hydrogen-bond acceptors (Lipinski definition) is 0. The quantitative estimate of drug-likeness (QED) is 0.263. The van der Waals surface area contributed by atoms with Gasteiger partial charge in [-0.2, -0.15) is 6.07 Å². The van der Waals surface area contributed by atoms with Crippen molar-refractivity contribution in [3.8, 4) is 0 Å². The smallest absolute Gasteiger partial charge is 0 e. The van der Waals surface area contributed by atoms with E-state index >= 15 is 0 Å². The van der Waals surface area contributed by atoms with Gasteiger partial charge in [-0.3, -0.25) is 0 Å². The Morgan fingerprint density at radius 3 is 2.11 bits per heavy atom. The minimum Gasteiger partial charge on any atom is -1.00 e. The van der Waals surface area contributed by atoms with Crippen LogP contribution in [-0.4, -0.2) is 0 Å². The third-order valence-electron chi connectivity index (χ3n) is 2.93. The third kappa shape index (κ3) is 4.73. The van der Waals surface area contributed by atoms with Crippen LogP contribution in [0.15, 0.2) is 66.7 Å². The first kappa shape index (κ1) is 18.9. The molecule has 0 unspecified atom stereocenters. The van der Waals surface area contributed by atoms with Gasteiger partial charge in [-0.05, 0) is 12.0 Å². The van der Waals surface area contributed by atoms with Gasteiger partial charge in [-0.15, -0.1) is 40.6 Å². The molecule has 0 atom stereocenters. The van der Waals surface area contributed by atoms with Crippen molar-refractivity contribution < 1.29 is 59.8 Å². The van der Waals surface area contributed by atoms with Crippen molar-refractivity contribution in [2.45, 2.75) is 6.42 Å². The van der Waals surface area contributed by atoms with E-state index in [1.54, 1.807) is 0 Å². The Balaban J connectivity index is 0.00000108. The van der Waals surface area contributed by atoms with E-state index in [0.29, 0.717) is 0 Å². The van der Waals surface area contributed by atoms with E-state index in [4.69, 9.17) is 0 Å². The van der Waals surface area contributed by atoms with Gasteiger partial charge in [0.05, 0.1) is 0 Å². The van der Waals surface area contributed by atoms with Crippen LogP contribution in [0.25, 0.3) is 10.8 Å². The third-order valence-corrected chi connectivity index (χ3v) is 2.93. The van der Waals surface area contributed by atoms with Gasteiger partial charge in [0, 0.05) is 25.8 Å². The number of rotatable bonds is 2. The van der Waals surface area contributed by atoms with Crippen LogP contribution in [0.5, 0.6) is 0 Å². The molecule has 3 heteroatoms. The fourth-order valence-corrected chi connectivity index (χ4v) is 2.15. The van der Waals surface area contributed by atoms with E-state index < -0.39 is 0 Å². The first-order valence-electron chi connectivity index (χ1n) is 5.60. The average molecular weight is 544 g/mol. The maximum absolute atomic E-state index is 2.28. The Morgan fingerprint density at radius 2 is 1.42 bits per heavy atom. The molecule has 0 bridgehead atoms. The second-order valence-corrected chi connectivity index (χ2v) is 4.15. The van der Waals surface area contributed by atoms with Crippen LogP contribution in [0, 0.1) is 0 Å². The van der Waals surface area contributed by atoms with Gasteiger partial charge >= 0.3 is 0 Å². The molecular weight excluding hydrogens is 530 g/mol. The van der Waals surface area contributed by atoms with Crippen LogP contribution >= 0.6 is 0 Å². The van der Waals surface area contributed by atoms with Gasteiger partial charge in [-0.25, -0.2) is 0 Å². The van der Waals surface area contributed by atoms with E-state index in [-0.39, 0.29) is 59.8 Å². The van der Waals surface area contributed by atoms with Crippen molar-refractivity contribution in [1.82, 2.24) is 0 Å². The number of hydrogen-bond donors (Lipinski definition) is 0. The Morgan fingerprint density at radius 1 is 0.789 bits per heavy atom. The summed E-state index contributed by atoms with van der Waals surface area (Å²) < 4.78 is 0. The Bertz CT molecular complexity index is 569. The normalized spacial score (nSPS) is 9.05. The molecule has 0 aliphatic carbocycles. The van der Waals surface area contributed by atoms with E-state index in [2.05, 4.69) is 66.7 Å². The molecule has 0 saturated carbocycles. The summed E-state index contributed by atoms with van der Waals surface area (Å²) in [6.45, 7) is 0. The standard InChI is InChI=1S/C16H13.2BrH.Hf/c1-2-6-13(7-3-1)10-14-11-15-8-4-5-9-16(15)12-14;;;/h1-9,11-12H,10H2;2*1H;/q-1;;;/p-2. The first-order valence-corrected chi connectivity index (χ1v) is 5.60. The average Bonchev–Trinajstić information content (AvgIpc) is 2.72. The fraction of sp³-hybridized carbons (Fsp3) is 0.0625. The van der Waals surface area contributed by atoms with Gasteiger partial charge in [-0.1, -0.05) is 36.4 Å². The molecule has 0 nitrogen and oxygen atoms in total. The Hall–Kier alpha value is -0.120. The second-order valence-electron chi connectivity index (χ2n) is 4.15. The topological polar surface area (TPSA) is 0 Å². The van der Waals surface area contributed by atoms with Crippen LogP contribution < -0.4 is 34.0 Å². The molecule has 0 aliphatic heterocycles. The molecule has 0 radical (unpaired) electrons. The number of benzene rings is 2. The van der Waals surface area contributed by atoms with Gasteiger partial charge in [0.25, 0.3) is 0 Å². The Kier molecular flexibility index (Phi) is 8.88. The largest absolute Gasteiger partial charge is 1.00 e. The zero-order valence-corrected chi connectivity index (χ0v) is 17.1. The van der Waals surface area contributed by atoms with Crippen molar-refractivity contribution in [2.24, 2.45) is 0 Å². The minimum absolute atomic E-state index is 0. The van der Waals surface area contributed by atoms with Gasteiger partial charge in [0.2, 0.25) is 0 Å². The molecule has 0 heterocycles. The second kappa shape index (κ2) is 8.93. The molecule has 98 valence electrons. The molecule has 0 N–H and O–H groups in total. The predicted octanol–water partition coefficient (Wildman–Crippen LogP) is -1.84. The van der Waals surface area contributed by atoms with Crippen LogP contribution in [0.3, 0.4) is 0 Å². The van der Waals surface area contributed by atoms with Crippen LogP contribution in [0.1, 0.15) is 11.1 Å². The van der Waals surface area contributed by atoms with E-state index in [0.717, 1.165) is 6.42 Å². The maximum atomic E-state index is 2.28. The molecule has 19 heavy (non-hydrogen) atoms. The number of halogens is 2.